The van der Waals surface area contributed by atoms with Crippen molar-refractivity contribution in [3.63, 3.8) is 0 Å². The van der Waals surface area contributed by atoms with Gasteiger partial charge in [0.1, 0.15) is 11.5 Å². The summed E-state index contributed by atoms with van der Waals surface area (Å²) in [6, 6.07) is 14.7. The zero-order valence-electron chi connectivity index (χ0n) is 26.0. The molecule has 11 nitrogen and oxygen atoms in total. The number of hydrogen-bond donors (Lipinski definition) is 2. The van der Waals surface area contributed by atoms with Crippen LogP contribution in [0.2, 0.25) is 0 Å². The molecule has 0 atom stereocenters. The van der Waals surface area contributed by atoms with Gasteiger partial charge in [-0.2, -0.15) is 0 Å². The van der Waals surface area contributed by atoms with Crippen LogP contribution in [0.15, 0.2) is 48.5 Å². The fraction of sp³-hybridized carbons (Fsp3) is 0.562. The number of nitrogens with zero attached hydrogens (tertiary/aromatic N) is 2. The van der Waals surface area contributed by atoms with Gasteiger partial charge in [-0.15, -0.1) is 0 Å². The number of sulfonamides is 1. The molecule has 2 fully saturated rings. The van der Waals surface area contributed by atoms with Crippen LogP contribution >= 0.6 is 0 Å². The van der Waals surface area contributed by atoms with Crippen LogP contribution in [-0.4, -0.2) is 89.0 Å². The Morgan fingerprint density at radius 3 is 2.07 bits per heavy atom. The first-order valence-corrected chi connectivity index (χ1v) is 17.2. The number of amides is 2. The first kappa shape index (κ1) is 33.7. The Morgan fingerprint density at radius 1 is 0.909 bits per heavy atom. The van der Waals surface area contributed by atoms with E-state index in [0.717, 1.165) is 70.0 Å². The van der Waals surface area contributed by atoms with E-state index in [4.69, 9.17) is 14.2 Å². The lowest BCUT2D eigenvalue weighted by Crippen LogP contribution is -2.53. The number of rotatable bonds is 14. The first-order chi connectivity index (χ1) is 21.1. The number of nitrogens with one attached hydrogen (secondary N) is 2. The van der Waals surface area contributed by atoms with Gasteiger partial charge >= 0.3 is 0 Å². The van der Waals surface area contributed by atoms with Gasteiger partial charge in [-0.1, -0.05) is 31.4 Å². The van der Waals surface area contributed by atoms with Gasteiger partial charge in [-0.25, -0.2) is 8.42 Å². The summed E-state index contributed by atoms with van der Waals surface area (Å²) in [6.45, 7) is 2.75. The number of carbonyl (C=O) groups excluding carboxylic acids is 2. The molecule has 12 heteroatoms. The smallest absolute Gasteiger partial charge is 0.242 e. The van der Waals surface area contributed by atoms with Gasteiger partial charge in [0, 0.05) is 51.5 Å². The van der Waals surface area contributed by atoms with E-state index >= 15 is 0 Å². The van der Waals surface area contributed by atoms with Crippen molar-refractivity contribution >= 4 is 27.5 Å². The number of anilines is 1. The van der Waals surface area contributed by atoms with Crippen molar-refractivity contribution in [3.05, 3.63) is 54.1 Å². The summed E-state index contributed by atoms with van der Waals surface area (Å²) in [5.41, 5.74) is 1.63. The highest BCUT2D eigenvalue weighted by Gasteiger charge is 2.31. The van der Waals surface area contributed by atoms with E-state index in [2.05, 4.69) is 14.9 Å². The second-order valence-corrected chi connectivity index (χ2v) is 13.4. The number of methoxy groups -OCH3 is 2. The number of hydrogen-bond acceptors (Lipinski definition) is 8. The van der Waals surface area contributed by atoms with Gasteiger partial charge in [-0.3, -0.25) is 19.2 Å². The van der Waals surface area contributed by atoms with E-state index in [-0.39, 0.29) is 30.3 Å². The molecule has 0 unspecified atom stereocenters. The molecule has 1 aliphatic carbocycles. The summed E-state index contributed by atoms with van der Waals surface area (Å²) in [6.07, 6.45) is 7.31. The van der Waals surface area contributed by atoms with Crippen molar-refractivity contribution in [2.75, 3.05) is 51.4 Å². The van der Waals surface area contributed by atoms with Crippen LogP contribution in [0.4, 0.5) is 5.69 Å². The summed E-state index contributed by atoms with van der Waals surface area (Å²) >= 11 is 0. The van der Waals surface area contributed by atoms with Gasteiger partial charge in [0.05, 0.1) is 19.3 Å². The lowest BCUT2D eigenvalue weighted by Gasteiger charge is -2.39. The van der Waals surface area contributed by atoms with E-state index in [1.807, 2.05) is 29.2 Å². The molecule has 4 rings (SSSR count). The number of benzene rings is 2. The fourth-order valence-electron chi connectivity index (χ4n) is 5.89. The van der Waals surface area contributed by atoms with Gasteiger partial charge in [-0.05, 0) is 67.6 Å². The molecular formula is C32H46N4O7S. The second kappa shape index (κ2) is 16.2. The van der Waals surface area contributed by atoms with Gasteiger partial charge in [0.25, 0.3) is 0 Å². The molecule has 1 aliphatic heterocycles. The largest absolute Gasteiger partial charge is 0.457 e. The molecule has 1 saturated carbocycles. The average molecular weight is 631 g/mol. The third kappa shape index (κ3) is 10.5. The highest BCUT2D eigenvalue weighted by atomic mass is 32.2. The lowest BCUT2D eigenvalue weighted by atomic mass is 9.89. The third-order valence-corrected chi connectivity index (χ3v) is 8.91. The normalized spacial score (nSPS) is 16.9. The zero-order chi connectivity index (χ0) is 31.5. The standard InChI is InChI=1S/C32H46N4O7S/c1-41-31(42-2)23-36(30(37)21-33-32(38)25-7-5-4-6-8-25)27-17-19-35(20-18-27)22-24-9-13-28(14-10-24)43-29-15-11-26(12-16-29)34-44(3,39)40/h9-16,25,27,31,34H,4-8,17-23H2,1-3H3,(H,33,38). The lowest BCUT2D eigenvalue weighted by molar-refractivity contribution is -0.151. The molecule has 2 aromatic rings. The third-order valence-electron chi connectivity index (χ3n) is 8.30. The molecule has 2 aromatic carbocycles. The molecule has 0 aromatic heterocycles. The number of piperidine rings is 1. The monoisotopic (exact) mass is 630 g/mol. The first-order valence-electron chi connectivity index (χ1n) is 15.3. The maximum Gasteiger partial charge on any atom is 0.242 e. The zero-order valence-corrected chi connectivity index (χ0v) is 26.8. The summed E-state index contributed by atoms with van der Waals surface area (Å²) < 4.78 is 42.0. The van der Waals surface area contributed by atoms with E-state index in [1.54, 1.807) is 38.5 Å². The molecule has 0 spiro atoms. The van der Waals surface area contributed by atoms with Gasteiger partial charge in [0.2, 0.25) is 21.8 Å². The van der Waals surface area contributed by atoms with Crippen LogP contribution < -0.4 is 14.8 Å². The number of carbonyl (C=O) groups is 2. The van der Waals surface area contributed by atoms with Crippen LogP contribution in [0.3, 0.4) is 0 Å². The van der Waals surface area contributed by atoms with Gasteiger partial charge < -0.3 is 24.4 Å². The minimum atomic E-state index is -3.33. The van der Waals surface area contributed by atoms with E-state index in [1.165, 1.54) is 6.42 Å². The molecule has 1 saturated heterocycles. The molecule has 242 valence electrons. The van der Waals surface area contributed by atoms with Gasteiger partial charge in [0.15, 0.2) is 6.29 Å². The highest BCUT2D eigenvalue weighted by Crippen LogP contribution is 2.26. The Kier molecular flexibility index (Phi) is 12.4. The van der Waals surface area contributed by atoms with Crippen molar-refractivity contribution in [2.45, 2.75) is 63.8 Å². The Labute approximate surface area is 261 Å². The molecule has 2 aliphatic rings. The van der Waals surface area contributed by atoms with Crippen molar-refractivity contribution in [2.24, 2.45) is 5.92 Å². The quantitative estimate of drug-likeness (QED) is 0.301. The van der Waals surface area contributed by atoms with Crippen molar-refractivity contribution in [3.8, 4) is 11.5 Å². The van der Waals surface area contributed by atoms with E-state index < -0.39 is 16.3 Å². The molecule has 0 radical (unpaired) electrons. The minimum absolute atomic E-state index is 0.00814. The molecule has 2 N–H and O–H groups in total. The van der Waals surface area contributed by atoms with Crippen LogP contribution in [0.1, 0.15) is 50.5 Å². The Balaban J connectivity index is 1.27. The number of ether oxygens (including phenoxy) is 3. The Hall–Kier alpha value is -3.19. The Bertz CT molecular complexity index is 1300. The topological polar surface area (TPSA) is 127 Å². The van der Waals surface area contributed by atoms with Crippen LogP contribution in [0.5, 0.6) is 11.5 Å². The highest BCUT2D eigenvalue weighted by molar-refractivity contribution is 7.92. The predicted octanol–water partition coefficient (Wildman–Crippen LogP) is 3.96. The van der Waals surface area contributed by atoms with Crippen molar-refractivity contribution in [1.82, 2.24) is 15.1 Å². The Morgan fingerprint density at radius 2 is 1.50 bits per heavy atom. The van der Waals surface area contributed by atoms with Crippen LogP contribution in [0, 0.1) is 5.92 Å². The molecular weight excluding hydrogens is 584 g/mol. The SMILES string of the molecule is COC(CN(C(=O)CNC(=O)C1CCCCC1)C1CCN(Cc2ccc(Oc3ccc(NS(C)(=O)=O)cc3)cc2)CC1)OC. The summed E-state index contributed by atoms with van der Waals surface area (Å²) in [5, 5.41) is 2.90. The summed E-state index contributed by atoms with van der Waals surface area (Å²) in [5.74, 6) is 1.18. The minimum Gasteiger partial charge on any atom is -0.457 e. The van der Waals surface area contributed by atoms with E-state index in [0.29, 0.717) is 23.7 Å². The second-order valence-electron chi connectivity index (χ2n) is 11.7. The number of likely N-dealkylation sites (tertiary alicyclic amines) is 1. The summed E-state index contributed by atoms with van der Waals surface area (Å²) in [4.78, 5) is 30.2. The molecule has 2 amide bonds. The fourth-order valence-corrected chi connectivity index (χ4v) is 6.45. The summed E-state index contributed by atoms with van der Waals surface area (Å²) in [7, 11) is -0.199. The molecule has 44 heavy (non-hydrogen) atoms. The van der Waals surface area contributed by atoms with Crippen molar-refractivity contribution in [1.29, 1.82) is 0 Å². The van der Waals surface area contributed by atoms with Crippen molar-refractivity contribution < 1.29 is 32.2 Å². The van der Waals surface area contributed by atoms with Crippen LogP contribution in [-0.2, 0) is 35.6 Å². The molecule has 1 heterocycles. The van der Waals surface area contributed by atoms with Crippen LogP contribution in [0.25, 0.3) is 0 Å². The predicted molar refractivity (Wildman–Crippen MR) is 169 cm³/mol. The average Bonchev–Trinajstić information content (AvgIpc) is 3.02. The molecule has 0 bridgehead atoms. The maximum absolute atomic E-state index is 13.4. The maximum atomic E-state index is 13.4. The van der Waals surface area contributed by atoms with E-state index in [9.17, 15) is 18.0 Å².